The summed E-state index contributed by atoms with van der Waals surface area (Å²) in [6, 6.07) is 2.54. The molecule has 0 atom stereocenters. The lowest BCUT2D eigenvalue weighted by atomic mass is 10.4. The van der Waals surface area contributed by atoms with Gasteiger partial charge >= 0.3 is 6.18 Å². The maximum absolute atomic E-state index is 11.9. The molecule has 8 heteroatoms. The maximum atomic E-state index is 11.9. The summed E-state index contributed by atoms with van der Waals surface area (Å²) in [5.41, 5.74) is 0. The Morgan fingerprint density at radius 3 is 2.56 bits per heavy atom. The van der Waals surface area contributed by atoms with E-state index in [1.165, 1.54) is 18.3 Å². The monoisotopic (exact) mass is 254 g/mol. The number of alkyl halides is 3. The van der Waals surface area contributed by atoms with Gasteiger partial charge in [0, 0.05) is 12.5 Å². The van der Waals surface area contributed by atoms with Crippen molar-refractivity contribution in [3.63, 3.8) is 0 Å². The number of halogens is 3. The van der Waals surface area contributed by atoms with E-state index < -0.39 is 22.6 Å². The SMILES string of the molecule is CS(=O)(=O)c1cccnc1NCC(F)(F)F. The van der Waals surface area contributed by atoms with Crippen LogP contribution in [0.25, 0.3) is 0 Å². The maximum Gasteiger partial charge on any atom is 0.405 e. The Bertz CT molecular complexity index is 470. The van der Waals surface area contributed by atoms with Crippen LogP contribution in [-0.2, 0) is 9.84 Å². The van der Waals surface area contributed by atoms with E-state index in [0.717, 1.165) is 6.26 Å². The lowest BCUT2D eigenvalue weighted by Crippen LogP contribution is -2.22. The van der Waals surface area contributed by atoms with Crippen molar-refractivity contribution in [3.8, 4) is 0 Å². The number of sulfone groups is 1. The summed E-state index contributed by atoms with van der Waals surface area (Å²) >= 11 is 0. The number of nitrogens with zero attached hydrogens (tertiary/aromatic N) is 1. The van der Waals surface area contributed by atoms with E-state index in [-0.39, 0.29) is 10.7 Å². The Labute approximate surface area is 90.4 Å². The van der Waals surface area contributed by atoms with Crippen LogP contribution in [0.5, 0.6) is 0 Å². The van der Waals surface area contributed by atoms with Crippen molar-refractivity contribution < 1.29 is 21.6 Å². The first kappa shape index (κ1) is 12.8. The molecule has 0 saturated heterocycles. The van der Waals surface area contributed by atoms with Gasteiger partial charge in [0.2, 0.25) is 0 Å². The lowest BCUT2D eigenvalue weighted by molar-refractivity contribution is -0.115. The summed E-state index contributed by atoms with van der Waals surface area (Å²) in [6.45, 7) is -1.33. The van der Waals surface area contributed by atoms with Crippen molar-refractivity contribution >= 4 is 15.7 Å². The zero-order valence-corrected chi connectivity index (χ0v) is 9.06. The van der Waals surface area contributed by atoms with Crippen molar-refractivity contribution in [2.24, 2.45) is 0 Å². The van der Waals surface area contributed by atoms with Crippen LogP contribution in [0.1, 0.15) is 0 Å². The first-order valence-corrected chi connectivity index (χ1v) is 6.05. The second-order valence-electron chi connectivity index (χ2n) is 3.09. The van der Waals surface area contributed by atoms with Crippen LogP contribution in [0.3, 0.4) is 0 Å². The molecule has 0 radical (unpaired) electrons. The summed E-state index contributed by atoms with van der Waals surface area (Å²) < 4.78 is 58.2. The van der Waals surface area contributed by atoms with Crippen LogP contribution in [0.15, 0.2) is 23.2 Å². The Hall–Kier alpha value is -1.31. The zero-order chi connectivity index (χ0) is 12.4. The Morgan fingerprint density at radius 1 is 1.44 bits per heavy atom. The minimum Gasteiger partial charge on any atom is -0.360 e. The molecule has 1 rings (SSSR count). The summed E-state index contributed by atoms with van der Waals surface area (Å²) in [5, 5.41) is 1.94. The van der Waals surface area contributed by atoms with Gasteiger partial charge in [-0.1, -0.05) is 0 Å². The van der Waals surface area contributed by atoms with Crippen LogP contribution < -0.4 is 5.32 Å². The minimum atomic E-state index is -4.42. The van der Waals surface area contributed by atoms with Crippen LogP contribution in [0, 0.1) is 0 Å². The van der Waals surface area contributed by atoms with E-state index >= 15 is 0 Å². The first-order valence-electron chi connectivity index (χ1n) is 4.16. The number of aromatic nitrogens is 1. The quantitative estimate of drug-likeness (QED) is 0.887. The fourth-order valence-corrected chi connectivity index (χ4v) is 1.81. The van der Waals surface area contributed by atoms with Crippen molar-refractivity contribution in [1.29, 1.82) is 0 Å². The molecule has 0 aromatic carbocycles. The third kappa shape index (κ3) is 3.69. The van der Waals surface area contributed by atoms with E-state index in [9.17, 15) is 21.6 Å². The summed E-state index contributed by atoms with van der Waals surface area (Å²) in [5.74, 6) is -0.290. The van der Waals surface area contributed by atoms with Gasteiger partial charge in [-0.05, 0) is 12.1 Å². The molecule has 0 spiro atoms. The molecule has 0 aliphatic heterocycles. The molecule has 0 amide bonds. The Kier molecular flexibility index (Phi) is 3.41. The number of hydrogen-bond acceptors (Lipinski definition) is 4. The lowest BCUT2D eigenvalue weighted by Gasteiger charge is -2.11. The highest BCUT2D eigenvalue weighted by atomic mass is 32.2. The van der Waals surface area contributed by atoms with Crippen molar-refractivity contribution in [2.75, 3.05) is 18.1 Å². The molecule has 0 fully saturated rings. The van der Waals surface area contributed by atoms with Crippen molar-refractivity contribution in [3.05, 3.63) is 18.3 Å². The van der Waals surface area contributed by atoms with E-state index in [4.69, 9.17) is 0 Å². The first-order chi connectivity index (χ1) is 7.20. The molecule has 90 valence electrons. The Morgan fingerprint density at radius 2 is 2.06 bits per heavy atom. The molecule has 16 heavy (non-hydrogen) atoms. The number of pyridine rings is 1. The van der Waals surface area contributed by atoms with Crippen LogP contribution in [-0.4, -0.2) is 32.4 Å². The zero-order valence-electron chi connectivity index (χ0n) is 8.25. The van der Waals surface area contributed by atoms with Gasteiger partial charge in [0.05, 0.1) is 0 Å². The summed E-state index contributed by atoms with van der Waals surface area (Å²) in [6.07, 6.45) is -2.30. The molecule has 1 aromatic heterocycles. The number of hydrogen-bond donors (Lipinski definition) is 1. The Balaban J connectivity index is 2.97. The standard InChI is InChI=1S/C8H9F3N2O2S/c1-16(14,15)6-3-2-4-12-7(6)13-5-8(9,10)11/h2-4H,5H2,1H3,(H,12,13). The van der Waals surface area contributed by atoms with Gasteiger partial charge in [-0.3, -0.25) is 0 Å². The molecule has 1 aromatic rings. The highest BCUT2D eigenvalue weighted by Crippen LogP contribution is 2.20. The minimum absolute atomic E-state index is 0.251. The van der Waals surface area contributed by atoms with Crippen molar-refractivity contribution in [1.82, 2.24) is 4.98 Å². The van der Waals surface area contributed by atoms with Gasteiger partial charge < -0.3 is 5.32 Å². The fourth-order valence-electron chi connectivity index (χ4n) is 1.01. The van der Waals surface area contributed by atoms with Gasteiger partial charge in [0.1, 0.15) is 17.3 Å². The van der Waals surface area contributed by atoms with Gasteiger partial charge in [0.15, 0.2) is 9.84 Å². The third-order valence-electron chi connectivity index (χ3n) is 1.63. The molecule has 1 N–H and O–H groups in total. The molecule has 4 nitrogen and oxygen atoms in total. The third-order valence-corrected chi connectivity index (χ3v) is 2.75. The number of anilines is 1. The molecular formula is C8H9F3N2O2S. The van der Waals surface area contributed by atoms with E-state index in [2.05, 4.69) is 4.98 Å². The fraction of sp³-hybridized carbons (Fsp3) is 0.375. The average molecular weight is 254 g/mol. The molecule has 0 saturated carbocycles. The largest absolute Gasteiger partial charge is 0.405 e. The molecule has 1 heterocycles. The van der Waals surface area contributed by atoms with E-state index in [1.54, 1.807) is 0 Å². The summed E-state index contributed by atoms with van der Waals surface area (Å²) in [4.78, 5) is 3.31. The predicted molar refractivity (Wildman–Crippen MR) is 51.9 cm³/mol. The summed E-state index contributed by atoms with van der Waals surface area (Å²) in [7, 11) is -3.59. The molecule has 0 aliphatic rings. The molecular weight excluding hydrogens is 245 g/mol. The number of rotatable bonds is 3. The van der Waals surface area contributed by atoms with Gasteiger partial charge in [0.25, 0.3) is 0 Å². The van der Waals surface area contributed by atoms with Gasteiger partial charge in [-0.15, -0.1) is 0 Å². The second-order valence-corrected chi connectivity index (χ2v) is 5.08. The van der Waals surface area contributed by atoms with E-state index in [0.29, 0.717) is 0 Å². The second kappa shape index (κ2) is 4.28. The van der Waals surface area contributed by atoms with Crippen LogP contribution in [0.4, 0.5) is 19.0 Å². The van der Waals surface area contributed by atoms with Crippen LogP contribution in [0.2, 0.25) is 0 Å². The molecule has 0 bridgehead atoms. The van der Waals surface area contributed by atoms with E-state index in [1.807, 2.05) is 5.32 Å². The predicted octanol–water partition coefficient (Wildman–Crippen LogP) is 1.46. The smallest absolute Gasteiger partial charge is 0.360 e. The highest BCUT2D eigenvalue weighted by molar-refractivity contribution is 7.90. The van der Waals surface area contributed by atoms with Crippen LogP contribution >= 0.6 is 0 Å². The molecule has 0 unspecified atom stereocenters. The van der Waals surface area contributed by atoms with Gasteiger partial charge in [-0.2, -0.15) is 13.2 Å². The topological polar surface area (TPSA) is 59.1 Å². The highest BCUT2D eigenvalue weighted by Gasteiger charge is 2.27. The normalized spacial score (nSPS) is 12.5. The molecule has 0 aliphatic carbocycles. The van der Waals surface area contributed by atoms with Crippen molar-refractivity contribution in [2.45, 2.75) is 11.1 Å². The van der Waals surface area contributed by atoms with Gasteiger partial charge in [-0.25, -0.2) is 13.4 Å². The average Bonchev–Trinajstić information content (AvgIpc) is 2.12. The number of nitrogens with one attached hydrogen (secondary N) is 1.